The zero-order valence-electron chi connectivity index (χ0n) is 19.3. The van der Waals surface area contributed by atoms with Crippen LogP contribution in [0.1, 0.15) is 0 Å². The Morgan fingerprint density at radius 2 is 0.897 bits per heavy atom. The van der Waals surface area contributed by atoms with Gasteiger partial charge >= 0.3 is 0 Å². The molecule has 6 heteroatoms. The monoisotopic (exact) mass is 442 g/mol. The Kier molecular flexibility index (Phi) is 5.66. The fourth-order valence-corrected chi connectivity index (χ4v) is 5.83. The van der Waals surface area contributed by atoms with Crippen molar-refractivity contribution in [2.75, 3.05) is 0 Å². The fraction of sp³-hybridized carbons (Fsp3) is 0.391. The number of hydrogen-bond donors (Lipinski definition) is 0. The van der Waals surface area contributed by atoms with E-state index < -0.39 is 25.0 Å². The van der Waals surface area contributed by atoms with Crippen LogP contribution in [0.2, 0.25) is 58.9 Å². The van der Waals surface area contributed by atoms with E-state index >= 15 is 0 Å². The van der Waals surface area contributed by atoms with Crippen LogP contribution < -0.4 is 13.3 Å². The van der Waals surface area contributed by atoms with Crippen molar-refractivity contribution in [2.24, 2.45) is 0 Å². The second-order valence-corrected chi connectivity index (χ2v) is 23.8. The zero-order valence-corrected chi connectivity index (χ0v) is 22.3. The standard InChI is InChI=1S/C23H34O3Si3/c1-27(2,3)24-19-14-10-12-17-16-18-13-11-15-20(25-28(4,5)6)22(18)23(21(17)19)26-29(7,8)9/h10-16H,1-9H3. The van der Waals surface area contributed by atoms with E-state index in [4.69, 9.17) is 13.3 Å². The molecule has 0 fully saturated rings. The molecule has 0 radical (unpaired) electrons. The maximum absolute atomic E-state index is 6.75. The van der Waals surface area contributed by atoms with Crippen LogP contribution in [0.5, 0.6) is 17.2 Å². The number of fused-ring (bicyclic) bond motifs is 2. The first-order valence-electron chi connectivity index (χ1n) is 10.3. The lowest BCUT2D eigenvalue weighted by Gasteiger charge is -2.28. The average Bonchev–Trinajstić information content (AvgIpc) is 2.50. The molecule has 0 aliphatic heterocycles. The van der Waals surface area contributed by atoms with Crippen LogP contribution in [0.3, 0.4) is 0 Å². The summed E-state index contributed by atoms with van der Waals surface area (Å²) in [5.41, 5.74) is 0. The Balaban J connectivity index is 2.43. The highest BCUT2D eigenvalue weighted by atomic mass is 28.4. The zero-order chi connectivity index (χ0) is 21.6. The van der Waals surface area contributed by atoms with Crippen molar-refractivity contribution < 1.29 is 13.3 Å². The van der Waals surface area contributed by atoms with Crippen molar-refractivity contribution in [1.29, 1.82) is 0 Å². The third kappa shape index (κ3) is 5.44. The molecule has 3 rings (SSSR count). The summed E-state index contributed by atoms with van der Waals surface area (Å²) in [5.74, 6) is 2.75. The molecule has 0 saturated carbocycles. The Morgan fingerprint density at radius 1 is 0.517 bits per heavy atom. The van der Waals surface area contributed by atoms with Crippen LogP contribution in [-0.2, 0) is 0 Å². The van der Waals surface area contributed by atoms with Gasteiger partial charge in [0.05, 0.1) is 10.8 Å². The lowest BCUT2D eigenvalue weighted by Crippen LogP contribution is -2.31. The molecule has 0 aliphatic carbocycles. The van der Waals surface area contributed by atoms with Gasteiger partial charge in [-0.3, -0.25) is 0 Å². The normalized spacial score (nSPS) is 13.0. The van der Waals surface area contributed by atoms with Crippen LogP contribution >= 0.6 is 0 Å². The molecule has 0 amide bonds. The predicted molar refractivity (Wildman–Crippen MR) is 133 cm³/mol. The SMILES string of the molecule is C[Si](C)(C)Oc1cccc2cc3cccc(O[Si](C)(C)C)c3c(O[Si](C)(C)C)c12. The second-order valence-electron chi connectivity index (χ2n) is 10.6. The minimum Gasteiger partial charge on any atom is -0.544 e. The minimum absolute atomic E-state index is 0.916. The van der Waals surface area contributed by atoms with Crippen LogP contribution in [0.15, 0.2) is 42.5 Å². The molecule has 3 aromatic rings. The van der Waals surface area contributed by atoms with Crippen molar-refractivity contribution in [3.05, 3.63) is 42.5 Å². The van der Waals surface area contributed by atoms with Crippen LogP contribution in [0.25, 0.3) is 21.5 Å². The number of hydrogen-bond acceptors (Lipinski definition) is 3. The molecule has 0 unspecified atom stereocenters. The first-order valence-corrected chi connectivity index (χ1v) is 20.5. The van der Waals surface area contributed by atoms with Crippen LogP contribution in [0, 0.1) is 0 Å². The van der Waals surface area contributed by atoms with Crippen molar-refractivity contribution in [3.63, 3.8) is 0 Å². The average molecular weight is 443 g/mol. The third-order valence-corrected chi connectivity index (χ3v) is 6.60. The lowest BCUT2D eigenvalue weighted by molar-refractivity contribution is 0.543. The van der Waals surface area contributed by atoms with E-state index in [2.05, 4.69) is 101 Å². The van der Waals surface area contributed by atoms with E-state index in [1.807, 2.05) is 0 Å². The highest BCUT2D eigenvalue weighted by molar-refractivity contribution is 6.71. The second kappa shape index (κ2) is 7.49. The van der Waals surface area contributed by atoms with E-state index in [0.29, 0.717) is 0 Å². The maximum Gasteiger partial charge on any atom is 0.242 e. The van der Waals surface area contributed by atoms with Gasteiger partial charge in [-0.1, -0.05) is 24.3 Å². The molecule has 0 aromatic heterocycles. The van der Waals surface area contributed by atoms with Gasteiger partial charge in [0.2, 0.25) is 25.0 Å². The van der Waals surface area contributed by atoms with Crippen molar-refractivity contribution in [3.8, 4) is 17.2 Å². The molecule has 0 saturated heterocycles. The smallest absolute Gasteiger partial charge is 0.242 e. The maximum atomic E-state index is 6.75. The summed E-state index contributed by atoms with van der Waals surface area (Å²) in [6.45, 7) is 20.0. The molecule has 3 nitrogen and oxygen atoms in total. The topological polar surface area (TPSA) is 27.7 Å². The van der Waals surface area contributed by atoms with Gasteiger partial charge in [0, 0.05) is 0 Å². The quantitative estimate of drug-likeness (QED) is 0.290. The van der Waals surface area contributed by atoms with Gasteiger partial charge < -0.3 is 13.3 Å². The summed E-state index contributed by atoms with van der Waals surface area (Å²) >= 11 is 0. The van der Waals surface area contributed by atoms with Gasteiger partial charge in [0.1, 0.15) is 17.2 Å². The highest BCUT2D eigenvalue weighted by Gasteiger charge is 2.26. The van der Waals surface area contributed by atoms with E-state index in [9.17, 15) is 0 Å². The first kappa shape index (κ1) is 21.9. The van der Waals surface area contributed by atoms with Crippen LogP contribution in [-0.4, -0.2) is 25.0 Å². The number of rotatable bonds is 6. The highest BCUT2D eigenvalue weighted by Crippen LogP contribution is 2.45. The van der Waals surface area contributed by atoms with Gasteiger partial charge in [-0.2, -0.15) is 0 Å². The molecule has 0 aliphatic rings. The van der Waals surface area contributed by atoms with Gasteiger partial charge in [-0.15, -0.1) is 0 Å². The molecule has 0 bridgehead atoms. The minimum atomic E-state index is -1.88. The Bertz CT molecular complexity index is 968. The molecular formula is C23H34O3Si3. The summed E-state index contributed by atoms with van der Waals surface area (Å²) in [6.07, 6.45) is 0. The van der Waals surface area contributed by atoms with Crippen molar-refractivity contribution in [1.82, 2.24) is 0 Å². The summed E-state index contributed by atoms with van der Waals surface area (Å²) in [7, 11) is -5.45. The molecular weight excluding hydrogens is 409 g/mol. The molecule has 156 valence electrons. The summed E-state index contributed by atoms with van der Waals surface area (Å²) in [4.78, 5) is 0. The Hall–Kier alpha value is -1.77. The van der Waals surface area contributed by atoms with E-state index in [-0.39, 0.29) is 0 Å². The summed E-state index contributed by atoms with van der Waals surface area (Å²) in [5, 5.41) is 4.42. The Morgan fingerprint density at radius 3 is 1.24 bits per heavy atom. The fourth-order valence-electron chi connectivity index (χ4n) is 3.35. The van der Waals surface area contributed by atoms with E-state index in [1.54, 1.807) is 0 Å². The van der Waals surface area contributed by atoms with Gasteiger partial charge in [-0.05, 0) is 87.9 Å². The van der Waals surface area contributed by atoms with E-state index in [0.717, 1.165) is 38.8 Å². The third-order valence-electron chi connectivity index (χ3n) is 4.12. The summed E-state index contributed by atoms with van der Waals surface area (Å²) in [6, 6.07) is 14.8. The van der Waals surface area contributed by atoms with Crippen LogP contribution in [0.4, 0.5) is 0 Å². The molecule has 29 heavy (non-hydrogen) atoms. The van der Waals surface area contributed by atoms with E-state index in [1.165, 1.54) is 0 Å². The first-order chi connectivity index (χ1) is 13.2. The van der Waals surface area contributed by atoms with Crippen molar-refractivity contribution >= 4 is 46.5 Å². The molecule has 0 N–H and O–H groups in total. The molecule has 0 heterocycles. The van der Waals surface area contributed by atoms with Gasteiger partial charge in [0.25, 0.3) is 0 Å². The lowest BCUT2D eigenvalue weighted by atomic mass is 10.0. The predicted octanol–water partition coefficient (Wildman–Crippen LogP) is 7.63. The summed E-state index contributed by atoms with van der Waals surface area (Å²) < 4.78 is 19.8. The van der Waals surface area contributed by atoms with Gasteiger partial charge in [-0.25, -0.2) is 0 Å². The Labute approximate surface area is 178 Å². The largest absolute Gasteiger partial charge is 0.544 e. The van der Waals surface area contributed by atoms with Gasteiger partial charge in [0.15, 0.2) is 0 Å². The molecule has 0 spiro atoms. The molecule has 0 atom stereocenters. The molecule has 3 aromatic carbocycles. The van der Waals surface area contributed by atoms with Crippen molar-refractivity contribution in [2.45, 2.75) is 58.9 Å². The number of benzene rings is 3.